The Morgan fingerprint density at radius 3 is 2.90 bits per heavy atom. The quantitative estimate of drug-likeness (QED) is 0.392. The molecule has 1 radical (unpaired) electrons. The summed E-state index contributed by atoms with van der Waals surface area (Å²) in [7, 11) is 0. The van der Waals surface area contributed by atoms with Crippen molar-refractivity contribution < 1.29 is 32.7 Å². The van der Waals surface area contributed by atoms with Crippen molar-refractivity contribution in [3.05, 3.63) is 54.5 Å². The fourth-order valence-corrected chi connectivity index (χ4v) is 7.52. The second-order valence-electron chi connectivity index (χ2n) is 10.1. The fraction of sp³-hybridized carbons (Fsp3) is 0.560. The van der Waals surface area contributed by atoms with Crippen LogP contribution in [0.2, 0.25) is 0 Å². The molecule has 3 nitrogen and oxygen atoms in total. The zero-order valence-corrected chi connectivity index (χ0v) is 20.5. The molecule has 0 N–H and O–H groups in total. The first-order chi connectivity index (χ1) is 13.6. The first kappa shape index (κ1) is 20.1. The standard InChI is InChI=1S/C25H30N3.Y/c1-24-12-4-3-5-17(24)6-7-18-20-8-9-21(25(20,2)13-10-22(18)24)19-15-27-28-16-26-14-11-23(19)28;/h3,6,9,11,14-16,18,20,22H,4-5,7-8,10,12-13H2,1-2H3;/q-1;/t18?,20?,22?,24-,25-;/m0./s1. The molecule has 2 saturated carbocycles. The summed E-state index contributed by atoms with van der Waals surface area (Å²) in [5, 5.41) is 4.58. The predicted molar refractivity (Wildman–Crippen MR) is 112 cm³/mol. The zero-order chi connectivity index (χ0) is 18.9. The van der Waals surface area contributed by atoms with Crippen LogP contribution >= 0.6 is 0 Å². The minimum Gasteiger partial charge on any atom is -0.325 e. The third kappa shape index (κ3) is 2.75. The van der Waals surface area contributed by atoms with Crippen molar-refractivity contribution in [2.75, 3.05) is 0 Å². The van der Waals surface area contributed by atoms with Crippen LogP contribution in [-0.4, -0.2) is 14.6 Å². The number of hydrogen-bond donors (Lipinski definition) is 0. The van der Waals surface area contributed by atoms with E-state index in [1.165, 1.54) is 56.0 Å². The van der Waals surface area contributed by atoms with Gasteiger partial charge in [-0.25, -0.2) is 9.50 Å². The largest absolute Gasteiger partial charge is 0.325 e. The van der Waals surface area contributed by atoms with Crippen LogP contribution in [0.5, 0.6) is 0 Å². The van der Waals surface area contributed by atoms with E-state index < -0.39 is 0 Å². The Labute approximate surface area is 199 Å². The molecule has 0 aliphatic heterocycles. The molecule has 4 heteroatoms. The number of allylic oxidation sites excluding steroid dienone is 4. The van der Waals surface area contributed by atoms with Crippen LogP contribution in [0.4, 0.5) is 0 Å². The molecule has 0 spiro atoms. The van der Waals surface area contributed by atoms with Gasteiger partial charge >= 0.3 is 0 Å². The Balaban J connectivity index is 0.00000181. The van der Waals surface area contributed by atoms with Gasteiger partial charge in [0.2, 0.25) is 0 Å². The molecule has 149 valence electrons. The van der Waals surface area contributed by atoms with Gasteiger partial charge in [0.25, 0.3) is 0 Å². The SMILES string of the molecule is C[C@]12CC[CH-]CC1=CCC1C2CC[C@]2(C)C(c3cnn4cnccc34)=CCC12.[Y]. The maximum atomic E-state index is 4.58. The van der Waals surface area contributed by atoms with Crippen LogP contribution in [0.1, 0.15) is 64.4 Å². The van der Waals surface area contributed by atoms with Crippen molar-refractivity contribution >= 4 is 11.1 Å². The number of nitrogens with zero attached hydrogens (tertiary/aromatic N) is 3. The van der Waals surface area contributed by atoms with E-state index in [9.17, 15) is 0 Å². The average Bonchev–Trinajstić information content (AvgIpc) is 3.28. The van der Waals surface area contributed by atoms with Gasteiger partial charge in [0.05, 0.1) is 11.7 Å². The van der Waals surface area contributed by atoms with Crippen molar-refractivity contribution in [2.45, 2.75) is 58.8 Å². The van der Waals surface area contributed by atoms with Crippen LogP contribution in [-0.2, 0) is 32.7 Å². The Morgan fingerprint density at radius 2 is 2.00 bits per heavy atom. The third-order valence-corrected chi connectivity index (χ3v) is 9.06. The molecule has 0 saturated heterocycles. The van der Waals surface area contributed by atoms with E-state index >= 15 is 0 Å². The molecule has 2 aromatic rings. The number of fused-ring (bicyclic) bond motifs is 6. The van der Waals surface area contributed by atoms with E-state index in [0.717, 1.165) is 17.8 Å². The summed E-state index contributed by atoms with van der Waals surface area (Å²) in [6, 6.07) is 2.11. The number of rotatable bonds is 1. The molecule has 0 aromatic carbocycles. The van der Waals surface area contributed by atoms with E-state index in [4.69, 9.17) is 0 Å². The molecule has 4 aliphatic rings. The second-order valence-corrected chi connectivity index (χ2v) is 10.1. The van der Waals surface area contributed by atoms with Gasteiger partial charge in [-0.1, -0.05) is 38.0 Å². The van der Waals surface area contributed by atoms with Crippen LogP contribution in [0.15, 0.2) is 42.5 Å². The zero-order valence-electron chi connectivity index (χ0n) is 17.6. The summed E-state index contributed by atoms with van der Waals surface area (Å²) in [6.45, 7) is 5.14. The van der Waals surface area contributed by atoms with Gasteiger partial charge in [0.15, 0.2) is 0 Å². The topological polar surface area (TPSA) is 30.2 Å². The average molecular weight is 461 g/mol. The van der Waals surface area contributed by atoms with Gasteiger partial charge in [-0.15, -0.1) is 0 Å². The van der Waals surface area contributed by atoms with E-state index in [2.05, 4.69) is 54.8 Å². The molecule has 4 aliphatic carbocycles. The van der Waals surface area contributed by atoms with Crippen LogP contribution in [0, 0.1) is 35.0 Å². The number of aromatic nitrogens is 3. The Bertz CT molecular complexity index is 1000. The Morgan fingerprint density at radius 1 is 1.10 bits per heavy atom. The van der Waals surface area contributed by atoms with Crippen LogP contribution in [0.25, 0.3) is 11.1 Å². The second kappa shape index (κ2) is 7.12. The maximum Gasteiger partial charge on any atom is 0.117 e. The van der Waals surface area contributed by atoms with Gasteiger partial charge in [-0.3, -0.25) is 0 Å². The summed E-state index contributed by atoms with van der Waals surface area (Å²) in [4.78, 5) is 4.22. The van der Waals surface area contributed by atoms with E-state index in [-0.39, 0.29) is 38.1 Å². The minimum atomic E-state index is 0. The maximum absolute atomic E-state index is 4.58. The molecule has 0 bridgehead atoms. The first-order valence-electron chi connectivity index (χ1n) is 11.1. The van der Waals surface area contributed by atoms with Crippen LogP contribution < -0.4 is 0 Å². The Hall–Kier alpha value is -0.796. The molecule has 3 unspecified atom stereocenters. The Kier molecular flexibility index (Phi) is 4.94. The number of hydrogen-bond acceptors (Lipinski definition) is 2. The summed E-state index contributed by atoms with van der Waals surface area (Å²) in [5.41, 5.74) is 6.58. The first-order valence-corrected chi connectivity index (χ1v) is 11.1. The van der Waals surface area contributed by atoms with Gasteiger partial charge in [-0.2, -0.15) is 17.9 Å². The smallest absolute Gasteiger partial charge is 0.117 e. The van der Waals surface area contributed by atoms with Crippen molar-refractivity contribution in [3.63, 3.8) is 0 Å². The van der Waals surface area contributed by atoms with Crippen LogP contribution in [0.3, 0.4) is 0 Å². The summed E-state index contributed by atoms with van der Waals surface area (Å²) < 4.78 is 1.92. The van der Waals surface area contributed by atoms with Gasteiger partial charge in [-0.05, 0) is 65.9 Å². The predicted octanol–water partition coefficient (Wildman–Crippen LogP) is 5.89. The molecule has 5 atom stereocenters. The van der Waals surface area contributed by atoms with Gasteiger partial charge in [0.1, 0.15) is 6.33 Å². The van der Waals surface area contributed by atoms with Crippen molar-refractivity contribution in [1.82, 2.24) is 14.6 Å². The normalized spacial score (nSPS) is 38.3. The van der Waals surface area contributed by atoms with E-state index in [0.29, 0.717) is 5.41 Å². The van der Waals surface area contributed by atoms with Crippen molar-refractivity contribution in [1.29, 1.82) is 0 Å². The molecular formula is C25H30N3Y-. The molecule has 6 rings (SSSR count). The monoisotopic (exact) mass is 461 g/mol. The fourth-order valence-electron chi connectivity index (χ4n) is 7.52. The molecular weight excluding hydrogens is 431 g/mol. The molecule has 2 heterocycles. The van der Waals surface area contributed by atoms with Gasteiger partial charge < -0.3 is 6.42 Å². The van der Waals surface area contributed by atoms with E-state index in [1.807, 2.05) is 17.0 Å². The molecule has 2 fully saturated rings. The molecule has 2 aromatic heterocycles. The van der Waals surface area contributed by atoms with Gasteiger partial charge in [0, 0.05) is 44.5 Å². The summed E-state index contributed by atoms with van der Waals surface area (Å²) in [5.74, 6) is 2.49. The molecule has 29 heavy (non-hydrogen) atoms. The molecule has 0 amide bonds. The van der Waals surface area contributed by atoms with Crippen molar-refractivity contribution in [2.24, 2.45) is 28.6 Å². The minimum absolute atomic E-state index is 0. The summed E-state index contributed by atoms with van der Waals surface area (Å²) >= 11 is 0. The third-order valence-electron chi connectivity index (χ3n) is 9.06. The summed E-state index contributed by atoms with van der Waals surface area (Å²) in [6.07, 6.45) is 22.6. The van der Waals surface area contributed by atoms with E-state index in [1.54, 1.807) is 11.1 Å². The van der Waals surface area contributed by atoms with Crippen molar-refractivity contribution in [3.8, 4) is 0 Å².